The van der Waals surface area contributed by atoms with Gasteiger partial charge in [-0.25, -0.2) is 0 Å². The Hall–Kier alpha value is -0.410. The molecule has 3 nitrogen and oxygen atoms in total. The second kappa shape index (κ2) is 6.15. The van der Waals surface area contributed by atoms with E-state index in [0.29, 0.717) is 11.8 Å². The second-order valence-electron chi connectivity index (χ2n) is 7.28. The van der Waals surface area contributed by atoms with Gasteiger partial charge in [-0.1, -0.05) is 25.7 Å². The van der Waals surface area contributed by atoms with Crippen molar-refractivity contribution in [2.24, 2.45) is 5.92 Å². The van der Waals surface area contributed by atoms with Gasteiger partial charge in [0.1, 0.15) is 5.78 Å². The van der Waals surface area contributed by atoms with E-state index < -0.39 is 5.60 Å². The lowest BCUT2D eigenvalue weighted by Gasteiger charge is -2.40. The number of aliphatic hydroxyl groups is 1. The van der Waals surface area contributed by atoms with Crippen molar-refractivity contribution in [1.82, 2.24) is 4.90 Å². The molecule has 3 aliphatic rings. The second-order valence-corrected chi connectivity index (χ2v) is 7.28. The molecule has 3 rings (SSSR count). The third-order valence-corrected chi connectivity index (χ3v) is 5.76. The molecule has 1 aliphatic heterocycles. The predicted octanol–water partition coefficient (Wildman–Crippen LogP) is 2.91. The van der Waals surface area contributed by atoms with Crippen LogP contribution >= 0.6 is 0 Å². The average molecular weight is 279 g/mol. The first-order valence-corrected chi connectivity index (χ1v) is 8.67. The summed E-state index contributed by atoms with van der Waals surface area (Å²) in [6.45, 7) is 1.89. The van der Waals surface area contributed by atoms with Crippen LogP contribution < -0.4 is 0 Å². The van der Waals surface area contributed by atoms with Gasteiger partial charge in [0.2, 0.25) is 0 Å². The molecule has 2 saturated carbocycles. The van der Waals surface area contributed by atoms with Crippen molar-refractivity contribution in [3.63, 3.8) is 0 Å². The summed E-state index contributed by atoms with van der Waals surface area (Å²) in [4.78, 5) is 14.7. The Kier molecular flexibility index (Phi) is 4.46. The highest BCUT2D eigenvalue weighted by Gasteiger charge is 2.40. The Morgan fingerprint density at radius 3 is 2.60 bits per heavy atom. The molecule has 1 heterocycles. The van der Waals surface area contributed by atoms with Gasteiger partial charge in [0.15, 0.2) is 0 Å². The molecular formula is C17H29NO2. The molecule has 114 valence electrons. The maximum atomic E-state index is 12.2. The van der Waals surface area contributed by atoms with Crippen molar-refractivity contribution in [3.05, 3.63) is 0 Å². The highest BCUT2D eigenvalue weighted by Crippen LogP contribution is 2.36. The average Bonchev–Trinajstić information content (AvgIpc) is 2.87. The lowest BCUT2D eigenvalue weighted by atomic mass is 9.80. The monoisotopic (exact) mass is 279 g/mol. The van der Waals surface area contributed by atoms with Crippen LogP contribution in [0.5, 0.6) is 0 Å². The molecule has 0 aromatic heterocycles. The zero-order valence-corrected chi connectivity index (χ0v) is 12.6. The van der Waals surface area contributed by atoms with Gasteiger partial charge in [-0.15, -0.1) is 0 Å². The molecule has 0 aromatic rings. The molecule has 0 radical (unpaired) electrons. The molecule has 0 bridgehead atoms. The first-order chi connectivity index (χ1) is 9.68. The fourth-order valence-electron chi connectivity index (χ4n) is 4.67. The molecule has 0 aromatic carbocycles. The zero-order chi connectivity index (χ0) is 14.0. The van der Waals surface area contributed by atoms with Crippen molar-refractivity contribution >= 4 is 5.78 Å². The normalized spacial score (nSPS) is 35.4. The van der Waals surface area contributed by atoms with Crippen molar-refractivity contribution in [2.75, 3.05) is 13.1 Å². The topological polar surface area (TPSA) is 40.5 Å². The van der Waals surface area contributed by atoms with Gasteiger partial charge in [-0.3, -0.25) is 9.69 Å². The standard InChI is InChI=1S/C17H29NO2/c19-16-9-3-2-7-14(16)15-8-6-12-18(15)13-17(20)10-4-1-5-11-17/h14-15,20H,1-13H2. The molecule has 2 unspecified atom stereocenters. The number of β-amino-alcohol motifs (C(OH)–C–C–N with tert-alkyl or cyclic N) is 1. The Balaban J connectivity index is 1.64. The Morgan fingerprint density at radius 1 is 1.05 bits per heavy atom. The molecule has 2 aliphatic carbocycles. The van der Waals surface area contributed by atoms with Gasteiger partial charge >= 0.3 is 0 Å². The maximum absolute atomic E-state index is 12.2. The Labute approximate surface area is 122 Å². The number of ketones is 1. The fraction of sp³-hybridized carbons (Fsp3) is 0.941. The third-order valence-electron chi connectivity index (χ3n) is 5.76. The summed E-state index contributed by atoms with van der Waals surface area (Å²) >= 11 is 0. The minimum absolute atomic E-state index is 0.262. The van der Waals surface area contributed by atoms with Crippen molar-refractivity contribution in [2.45, 2.75) is 82.3 Å². The summed E-state index contributed by atoms with van der Waals surface area (Å²) in [5.41, 5.74) is -0.474. The highest BCUT2D eigenvalue weighted by atomic mass is 16.3. The fourth-order valence-corrected chi connectivity index (χ4v) is 4.67. The van der Waals surface area contributed by atoms with Gasteiger partial charge in [0.25, 0.3) is 0 Å². The van der Waals surface area contributed by atoms with E-state index >= 15 is 0 Å². The van der Waals surface area contributed by atoms with E-state index in [9.17, 15) is 9.90 Å². The third kappa shape index (κ3) is 3.09. The molecule has 1 N–H and O–H groups in total. The van der Waals surface area contributed by atoms with Crippen LogP contribution in [-0.4, -0.2) is 40.5 Å². The summed E-state index contributed by atoms with van der Waals surface area (Å²) in [5, 5.41) is 10.8. The van der Waals surface area contributed by atoms with Crippen LogP contribution in [-0.2, 0) is 4.79 Å². The maximum Gasteiger partial charge on any atom is 0.137 e. The number of nitrogens with zero attached hydrogens (tertiary/aromatic N) is 1. The number of hydrogen-bond donors (Lipinski definition) is 1. The number of rotatable bonds is 3. The molecule has 1 saturated heterocycles. The lowest BCUT2D eigenvalue weighted by Crippen LogP contribution is -2.49. The molecule has 3 fully saturated rings. The van der Waals surface area contributed by atoms with Gasteiger partial charge in [0.05, 0.1) is 5.60 Å². The summed E-state index contributed by atoms with van der Waals surface area (Å²) in [6.07, 6.45) is 12.0. The van der Waals surface area contributed by atoms with Crippen LogP contribution in [0, 0.1) is 5.92 Å². The lowest BCUT2D eigenvalue weighted by molar-refractivity contribution is -0.127. The molecule has 0 spiro atoms. The molecular weight excluding hydrogens is 250 g/mol. The molecule has 3 heteroatoms. The minimum atomic E-state index is -0.474. The molecule has 2 atom stereocenters. The van der Waals surface area contributed by atoms with Crippen molar-refractivity contribution in [1.29, 1.82) is 0 Å². The van der Waals surface area contributed by atoms with Crippen LogP contribution in [0.4, 0.5) is 0 Å². The first kappa shape index (κ1) is 14.5. The zero-order valence-electron chi connectivity index (χ0n) is 12.6. The number of hydrogen-bond acceptors (Lipinski definition) is 3. The molecule has 20 heavy (non-hydrogen) atoms. The van der Waals surface area contributed by atoms with E-state index in [1.807, 2.05) is 0 Å². The van der Waals surface area contributed by atoms with Gasteiger partial charge in [0, 0.05) is 24.9 Å². The van der Waals surface area contributed by atoms with E-state index in [0.717, 1.165) is 64.5 Å². The SMILES string of the molecule is O=C1CCCCC1C1CCCN1CC1(O)CCCCC1. The minimum Gasteiger partial charge on any atom is -0.389 e. The van der Waals surface area contributed by atoms with Crippen LogP contribution in [0.3, 0.4) is 0 Å². The number of likely N-dealkylation sites (tertiary alicyclic amines) is 1. The van der Waals surface area contributed by atoms with Gasteiger partial charge in [-0.05, 0) is 45.1 Å². The number of carbonyl (C=O) groups is 1. The van der Waals surface area contributed by atoms with Gasteiger partial charge < -0.3 is 5.11 Å². The Morgan fingerprint density at radius 2 is 1.85 bits per heavy atom. The summed E-state index contributed by atoms with van der Waals surface area (Å²) in [6, 6.07) is 0.425. The van der Waals surface area contributed by atoms with Crippen molar-refractivity contribution < 1.29 is 9.90 Å². The number of carbonyl (C=O) groups excluding carboxylic acids is 1. The van der Waals surface area contributed by atoms with Crippen LogP contribution in [0.25, 0.3) is 0 Å². The van der Waals surface area contributed by atoms with E-state index in [-0.39, 0.29) is 5.92 Å². The highest BCUT2D eigenvalue weighted by molar-refractivity contribution is 5.82. The van der Waals surface area contributed by atoms with Crippen molar-refractivity contribution in [3.8, 4) is 0 Å². The molecule has 0 amide bonds. The summed E-state index contributed by atoms with van der Waals surface area (Å²) in [7, 11) is 0. The van der Waals surface area contributed by atoms with Gasteiger partial charge in [-0.2, -0.15) is 0 Å². The predicted molar refractivity (Wildman–Crippen MR) is 79.6 cm³/mol. The van der Waals surface area contributed by atoms with Crippen LogP contribution in [0.1, 0.15) is 70.6 Å². The van der Waals surface area contributed by atoms with E-state index in [1.54, 1.807) is 0 Å². The summed E-state index contributed by atoms with van der Waals surface area (Å²) < 4.78 is 0. The smallest absolute Gasteiger partial charge is 0.137 e. The Bertz CT molecular complexity index is 349. The summed E-state index contributed by atoms with van der Waals surface area (Å²) in [5.74, 6) is 0.752. The quantitative estimate of drug-likeness (QED) is 0.863. The van der Waals surface area contributed by atoms with Crippen LogP contribution in [0.2, 0.25) is 0 Å². The largest absolute Gasteiger partial charge is 0.389 e. The first-order valence-electron chi connectivity index (χ1n) is 8.67. The van der Waals surface area contributed by atoms with E-state index in [4.69, 9.17) is 0 Å². The number of Topliss-reactive ketones (excluding diaryl/α,β-unsaturated/α-hetero) is 1. The van der Waals surface area contributed by atoms with E-state index in [1.165, 1.54) is 19.3 Å². The van der Waals surface area contributed by atoms with Crippen LogP contribution in [0.15, 0.2) is 0 Å². The van der Waals surface area contributed by atoms with E-state index in [2.05, 4.69) is 4.90 Å².